The molecule has 0 aliphatic carbocycles. The molecule has 2 heterocycles. The molecule has 1 aromatic carbocycles. The average Bonchev–Trinajstić information content (AvgIpc) is 2.72. The minimum absolute atomic E-state index is 0.00429. The minimum atomic E-state index is -0.245. The maximum absolute atomic E-state index is 12.7. The highest BCUT2D eigenvalue weighted by Gasteiger charge is 2.26. The normalized spacial score (nSPS) is 16.7. The fraction of sp³-hybridized carbons (Fsp3) is 0.421. The minimum Gasteiger partial charge on any atom is -0.497 e. The van der Waals surface area contributed by atoms with Crippen LogP contribution in [-0.4, -0.2) is 43.4 Å². The number of hydrogen-bond acceptors (Lipinski definition) is 6. The Labute approximate surface area is 157 Å². The number of nitrogens with one attached hydrogen (secondary N) is 2. The number of ether oxygens (including phenoxy) is 2. The molecule has 0 saturated carbocycles. The zero-order chi connectivity index (χ0) is 19.2. The molecule has 0 bridgehead atoms. The van der Waals surface area contributed by atoms with E-state index in [2.05, 4.69) is 15.5 Å². The summed E-state index contributed by atoms with van der Waals surface area (Å²) >= 11 is 0. The van der Waals surface area contributed by atoms with E-state index in [9.17, 15) is 9.59 Å². The Bertz CT molecular complexity index is 852. The van der Waals surface area contributed by atoms with Gasteiger partial charge in [0.05, 0.1) is 32.0 Å². The van der Waals surface area contributed by atoms with Crippen LogP contribution < -0.4 is 25.2 Å². The van der Waals surface area contributed by atoms with E-state index in [0.717, 1.165) is 30.6 Å². The zero-order valence-electron chi connectivity index (χ0n) is 15.5. The first kappa shape index (κ1) is 18.8. The average molecular weight is 372 g/mol. The predicted molar refractivity (Wildman–Crippen MR) is 101 cm³/mol. The Morgan fingerprint density at radius 1 is 1.33 bits per heavy atom. The number of carbonyl (C=O) groups is 1. The molecular weight excluding hydrogens is 348 g/mol. The molecule has 2 aromatic rings. The molecule has 3 rings (SSSR count). The van der Waals surface area contributed by atoms with Gasteiger partial charge in [-0.05, 0) is 25.0 Å². The number of piperidine rings is 1. The summed E-state index contributed by atoms with van der Waals surface area (Å²) in [6.07, 6.45) is 3.32. The summed E-state index contributed by atoms with van der Waals surface area (Å²) in [6, 6.07) is 7.03. The van der Waals surface area contributed by atoms with Gasteiger partial charge in [-0.25, -0.2) is 5.10 Å². The second kappa shape index (κ2) is 8.57. The van der Waals surface area contributed by atoms with E-state index in [4.69, 9.17) is 9.47 Å². The Balaban J connectivity index is 1.62. The monoisotopic (exact) mass is 372 g/mol. The van der Waals surface area contributed by atoms with E-state index < -0.39 is 0 Å². The van der Waals surface area contributed by atoms with E-state index in [1.54, 1.807) is 26.5 Å². The number of carbonyl (C=O) groups excluding carboxylic acids is 1. The van der Waals surface area contributed by atoms with Crippen LogP contribution in [0.3, 0.4) is 0 Å². The highest BCUT2D eigenvalue weighted by Crippen LogP contribution is 2.25. The number of hydrogen-bond donors (Lipinski definition) is 2. The largest absolute Gasteiger partial charge is 0.497 e. The van der Waals surface area contributed by atoms with Gasteiger partial charge in [0.1, 0.15) is 11.5 Å². The maximum atomic E-state index is 12.7. The van der Waals surface area contributed by atoms with Crippen molar-refractivity contribution in [3.63, 3.8) is 0 Å². The van der Waals surface area contributed by atoms with Gasteiger partial charge in [-0.1, -0.05) is 0 Å². The maximum Gasteiger partial charge on any atom is 0.266 e. The summed E-state index contributed by atoms with van der Waals surface area (Å²) in [5.74, 6) is 1.24. The molecule has 1 atom stereocenters. The van der Waals surface area contributed by atoms with E-state index in [0.29, 0.717) is 24.6 Å². The number of amides is 1. The Morgan fingerprint density at radius 2 is 2.19 bits per heavy atom. The summed E-state index contributed by atoms with van der Waals surface area (Å²) in [5.41, 5.74) is 1.39. The van der Waals surface area contributed by atoms with E-state index in [1.165, 1.54) is 6.07 Å². The van der Waals surface area contributed by atoms with Crippen molar-refractivity contribution in [2.24, 2.45) is 5.92 Å². The molecule has 0 spiro atoms. The third kappa shape index (κ3) is 4.58. The molecule has 1 aliphatic heterocycles. The smallest absolute Gasteiger partial charge is 0.266 e. The van der Waals surface area contributed by atoms with Crippen LogP contribution >= 0.6 is 0 Å². The lowest BCUT2D eigenvalue weighted by Crippen LogP contribution is -2.43. The molecule has 27 heavy (non-hydrogen) atoms. The van der Waals surface area contributed by atoms with Gasteiger partial charge in [0, 0.05) is 37.3 Å². The molecule has 1 aliphatic rings. The number of methoxy groups -OCH3 is 2. The van der Waals surface area contributed by atoms with Gasteiger partial charge in [-0.3, -0.25) is 9.59 Å². The van der Waals surface area contributed by atoms with Crippen LogP contribution in [0.25, 0.3) is 0 Å². The van der Waals surface area contributed by atoms with Crippen LogP contribution in [0.15, 0.2) is 35.3 Å². The summed E-state index contributed by atoms with van der Waals surface area (Å²) in [4.78, 5) is 26.2. The molecule has 8 nitrogen and oxygen atoms in total. The lowest BCUT2D eigenvalue weighted by Gasteiger charge is -2.33. The second-order valence-corrected chi connectivity index (χ2v) is 6.48. The second-order valence-electron chi connectivity index (χ2n) is 6.48. The van der Waals surface area contributed by atoms with Crippen molar-refractivity contribution in [3.05, 3.63) is 46.4 Å². The molecule has 1 fully saturated rings. The van der Waals surface area contributed by atoms with Gasteiger partial charge in [-0.2, -0.15) is 5.10 Å². The molecular formula is C19H24N4O4. The van der Waals surface area contributed by atoms with Gasteiger partial charge in [-0.15, -0.1) is 0 Å². The first-order valence-electron chi connectivity index (χ1n) is 8.89. The summed E-state index contributed by atoms with van der Waals surface area (Å²) in [7, 11) is 3.19. The number of H-pyrrole nitrogens is 1. The van der Waals surface area contributed by atoms with Gasteiger partial charge in [0.25, 0.3) is 5.56 Å². The number of aromatic nitrogens is 2. The van der Waals surface area contributed by atoms with Crippen LogP contribution in [0.2, 0.25) is 0 Å². The summed E-state index contributed by atoms with van der Waals surface area (Å²) in [6.45, 7) is 1.76. The SMILES string of the molecule is COc1ccc(CNC(=O)C2CCCN(c3cn[nH]c(=O)c3)C2)c(OC)c1. The van der Waals surface area contributed by atoms with Gasteiger partial charge >= 0.3 is 0 Å². The topological polar surface area (TPSA) is 96.5 Å². The third-order valence-corrected chi connectivity index (χ3v) is 4.76. The lowest BCUT2D eigenvalue weighted by atomic mass is 9.96. The highest BCUT2D eigenvalue weighted by atomic mass is 16.5. The molecule has 144 valence electrons. The highest BCUT2D eigenvalue weighted by molar-refractivity contribution is 5.79. The first-order chi connectivity index (χ1) is 13.1. The number of nitrogens with zero attached hydrogens (tertiary/aromatic N) is 2. The molecule has 1 amide bonds. The van der Waals surface area contributed by atoms with Gasteiger partial charge in [0.2, 0.25) is 5.91 Å². The van der Waals surface area contributed by atoms with Crippen molar-refractivity contribution < 1.29 is 14.3 Å². The lowest BCUT2D eigenvalue weighted by molar-refractivity contribution is -0.125. The number of benzene rings is 1. The van der Waals surface area contributed by atoms with Crippen molar-refractivity contribution >= 4 is 11.6 Å². The predicted octanol–water partition coefficient (Wildman–Crippen LogP) is 1.32. The Morgan fingerprint density at radius 3 is 2.93 bits per heavy atom. The van der Waals surface area contributed by atoms with Gasteiger partial charge < -0.3 is 19.7 Å². The first-order valence-corrected chi connectivity index (χ1v) is 8.89. The fourth-order valence-electron chi connectivity index (χ4n) is 3.29. The van der Waals surface area contributed by atoms with Crippen LogP contribution in [-0.2, 0) is 11.3 Å². The van der Waals surface area contributed by atoms with Crippen molar-refractivity contribution in [1.29, 1.82) is 0 Å². The zero-order valence-corrected chi connectivity index (χ0v) is 15.5. The van der Waals surface area contributed by atoms with Crippen molar-refractivity contribution in [2.45, 2.75) is 19.4 Å². The summed E-state index contributed by atoms with van der Waals surface area (Å²) < 4.78 is 10.6. The number of rotatable bonds is 6. The quantitative estimate of drug-likeness (QED) is 0.794. The van der Waals surface area contributed by atoms with E-state index in [-0.39, 0.29) is 17.4 Å². The molecule has 1 unspecified atom stereocenters. The van der Waals surface area contributed by atoms with E-state index in [1.807, 2.05) is 17.0 Å². The van der Waals surface area contributed by atoms with E-state index >= 15 is 0 Å². The van der Waals surface area contributed by atoms with Crippen LogP contribution in [0.5, 0.6) is 11.5 Å². The number of aromatic amines is 1. The van der Waals surface area contributed by atoms with Crippen LogP contribution in [0.4, 0.5) is 5.69 Å². The molecule has 8 heteroatoms. The molecule has 1 saturated heterocycles. The van der Waals surface area contributed by atoms with Crippen LogP contribution in [0, 0.1) is 5.92 Å². The molecule has 0 radical (unpaired) electrons. The standard InChI is InChI=1S/C19H24N4O4/c1-26-16-6-5-13(17(9-16)27-2)10-20-19(25)14-4-3-7-23(12-14)15-8-18(24)22-21-11-15/h5-6,8-9,11,14H,3-4,7,10,12H2,1-2H3,(H,20,25)(H,22,24). The Kier molecular flexibility index (Phi) is 5.95. The third-order valence-electron chi connectivity index (χ3n) is 4.76. The van der Waals surface area contributed by atoms with Crippen molar-refractivity contribution in [1.82, 2.24) is 15.5 Å². The van der Waals surface area contributed by atoms with Crippen molar-refractivity contribution in [2.75, 3.05) is 32.2 Å². The molecule has 1 aromatic heterocycles. The summed E-state index contributed by atoms with van der Waals surface area (Å²) in [5, 5.41) is 9.20. The van der Waals surface area contributed by atoms with Crippen LogP contribution in [0.1, 0.15) is 18.4 Å². The van der Waals surface area contributed by atoms with Gasteiger partial charge in [0.15, 0.2) is 0 Å². The molecule has 2 N–H and O–H groups in total. The van der Waals surface area contributed by atoms with Crippen molar-refractivity contribution in [3.8, 4) is 11.5 Å². The number of anilines is 1. The fourth-order valence-corrected chi connectivity index (χ4v) is 3.29. The Hall–Kier alpha value is -3.03.